The molecule has 1 aliphatic carbocycles. The maximum Gasteiger partial charge on any atom is 0.168 e. The van der Waals surface area contributed by atoms with Crippen LogP contribution in [0.15, 0.2) is 0 Å². The molecule has 106 valence electrons. The highest BCUT2D eigenvalue weighted by atomic mass is 32.1. The van der Waals surface area contributed by atoms with Crippen LogP contribution in [-0.4, -0.2) is 30.1 Å². The van der Waals surface area contributed by atoms with Crippen LogP contribution in [0, 0.1) is 13.8 Å². The van der Waals surface area contributed by atoms with E-state index < -0.39 is 0 Å². The topological polar surface area (TPSA) is 40.6 Å². The molecule has 0 unspecified atom stereocenters. The number of rotatable bonds is 3. The van der Waals surface area contributed by atoms with Crippen molar-refractivity contribution in [3.8, 4) is 0 Å². The van der Waals surface area contributed by atoms with Crippen molar-refractivity contribution in [3.05, 3.63) is 15.6 Å². The summed E-state index contributed by atoms with van der Waals surface area (Å²) in [6, 6.07) is 0. The van der Waals surface area contributed by atoms with E-state index >= 15 is 0 Å². The lowest BCUT2D eigenvalue weighted by Gasteiger charge is -2.35. The van der Waals surface area contributed by atoms with E-state index in [-0.39, 0.29) is 5.79 Å². The van der Waals surface area contributed by atoms with E-state index in [0.717, 1.165) is 49.6 Å². The SMILES string of the molecule is Cc1nc(COC2CCC3(CC2)OCCO3)sc1C. The van der Waals surface area contributed by atoms with Crippen molar-refractivity contribution in [1.82, 2.24) is 4.98 Å². The molecule has 1 saturated carbocycles. The molecule has 19 heavy (non-hydrogen) atoms. The summed E-state index contributed by atoms with van der Waals surface area (Å²) in [5.41, 5.74) is 1.12. The number of thiazole rings is 1. The molecule has 1 saturated heterocycles. The van der Waals surface area contributed by atoms with E-state index in [1.807, 2.05) is 0 Å². The van der Waals surface area contributed by atoms with Crippen molar-refractivity contribution >= 4 is 11.3 Å². The first kappa shape index (κ1) is 13.5. The fourth-order valence-corrected chi connectivity index (χ4v) is 3.63. The standard InChI is InChI=1S/C14H21NO3S/c1-10-11(2)19-13(15-10)9-16-12-3-5-14(6-4-12)17-7-8-18-14/h12H,3-9H2,1-2H3. The molecule has 0 N–H and O–H groups in total. The number of hydrogen-bond donors (Lipinski definition) is 0. The fraction of sp³-hybridized carbons (Fsp3) is 0.786. The zero-order valence-electron chi connectivity index (χ0n) is 11.6. The summed E-state index contributed by atoms with van der Waals surface area (Å²) in [4.78, 5) is 5.80. The maximum absolute atomic E-state index is 5.98. The third-order valence-corrected chi connectivity index (χ3v) is 5.07. The highest BCUT2D eigenvalue weighted by molar-refractivity contribution is 7.11. The Labute approximate surface area is 118 Å². The lowest BCUT2D eigenvalue weighted by molar-refractivity contribution is -0.192. The Morgan fingerprint density at radius 3 is 2.53 bits per heavy atom. The molecule has 2 aliphatic rings. The first-order chi connectivity index (χ1) is 9.17. The van der Waals surface area contributed by atoms with E-state index in [1.54, 1.807) is 11.3 Å². The van der Waals surface area contributed by atoms with Crippen molar-refractivity contribution in [2.75, 3.05) is 13.2 Å². The van der Waals surface area contributed by atoms with Crippen molar-refractivity contribution < 1.29 is 14.2 Å². The van der Waals surface area contributed by atoms with E-state index in [0.29, 0.717) is 12.7 Å². The molecule has 1 aromatic rings. The van der Waals surface area contributed by atoms with Crippen LogP contribution in [0.4, 0.5) is 0 Å². The molecule has 0 atom stereocenters. The molecule has 2 heterocycles. The van der Waals surface area contributed by atoms with Gasteiger partial charge in [-0.05, 0) is 26.7 Å². The van der Waals surface area contributed by atoms with E-state index in [9.17, 15) is 0 Å². The molecule has 2 fully saturated rings. The van der Waals surface area contributed by atoms with Gasteiger partial charge >= 0.3 is 0 Å². The predicted octanol–water partition coefficient (Wildman–Crippen LogP) is 2.96. The predicted molar refractivity (Wildman–Crippen MR) is 73.3 cm³/mol. The molecular formula is C14H21NO3S. The lowest BCUT2D eigenvalue weighted by Crippen LogP contribution is -2.37. The summed E-state index contributed by atoms with van der Waals surface area (Å²) in [7, 11) is 0. The Hall–Kier alpha value is -0.490. The van der Waals surface area contributed by atoms with Gasteiger partial charge in [-0.15, -0.1) is 11.3 Å². The normalized spacial score (nSPS) is 23.3. The molecule has 1 aromatic heterocycles. The van der Waals surface area contributed by atoms with Crippen LogP contribution < -0.4 is 0 Å². The number of nitrogens with zero attached hydrogens (tertiary/aromatic N) is 1. The largest absolute Gasteiger partial charge is 0.371 e. The summed E-state index contributed by atoms with van der Waals surface area (Å²) in [5.74, 6) is -0.284. The van der Waals surface area contributed by atoms with Crippen LogP contribution >= 0.6 is 11.3 Å². The van der Waals surface area contributed by atoms with Gasteiger partial charge in [0, 0.05) is 17.7 Å². The van der Waals surface area contributed by atoms with Gasteiger partial charge in [-0.3, -0.25) is 0 Å². The van der Waals surface area contributed by atoms with Crippen molar-refractivity contribution in [2.45, 2.75) is 58.0 Å². The molecule has 1 spiro atoms. The summed E-state index contributed by atoms with van der Waals surface area (Å²) < 4.78 is 17.4. The van der Waals surface area contributed by atoms with E-state index in [1.165, 1.54) is 4.88 Å². The second kappa shape index (κ2) is 5.48. The number of aryl methyl sites for hydroxylation is 2. The lowest BCUT2D eigenvalue weighted by atomic mass is 9.92. The average Bonchev–Trinajstić information content (AvgIpc) is 2.98. The van der Waals surface area contributed by atoms with Gasteiger partial charge in [0.25, 0.3) is 0 Å². The second-order valence-electron chi connectivity index (χ2n) is 5.37. The van der Waals surface area contributed by atoms with Crippen LogP contribution in [0.25, 0.3) is 0 Å². The van der Waals surface area contributed by atoms with Gasteiger partial charge in [0.15, 0.2) is 5.79 Å². The van der Waals surface area contributed by atoms with Crippen molar-refractivity contribution in [2.24, 2.45) is 0 Å². The highest BCUT2D eigenvalue weighted by Gasteiger charge is 2.40. The zero-order chi connectivity index (χ0) is 13.3. The molecule has 3 rings (SSSR count). The molecule has 0 bridgehead atoms. The van der Waals surface area contributed by atoms with Gasteiger partial charge in [0.1, 0.15) is 5.01 Å². The summed E-state index contributed by atoms with van der Waals surface area (Å²) >= 11 is 1.74. The Bertz CT molecular complexity index is 410. The second-order valence-corrected chi connectivity index (χ2v) is 6.65. The van der Waals surface area contributed by atoms with Gasteiger partial charge in [0.05, 0.1) is 31.6 Å². The van der Waals surface area contributed by atoms with Crippen molar-refractivity contribution in [1.29, 1.82) is 0 Å². The third kappa shape index (κ3) is 2.99. The van der Waals surface area contributed by atoms with Crippen LogP contribution in [0.5, 0.6) is 0 Å². The molecule has 4 nitrogen and oxygen atoms in total. The van der Waals surface area contributed by atoms with Gasteiger partial charge < -0.3 is 14.2 Å². The first-order valence-corrected chi connectivity index (χ1v) is 7.81. The summed E-state index contributed by atoms with van der Waals surface area (Å²) in [6.45, 7) is 6.27. The summed E-state index contributed by atoms with van der Waals surface area (Å²) in [5, 5.41) is 1.09. The first-order valence-electron chi connectivity index (χ1n) is 6.99. The monoisotopic (exact) mass is 283 g/mol. The van der Waals surface area contributed by atoms with Gasteiger partial charge in [-0.25, -0.2) is 4.98 Å². The zero-order valence-corrected chi connectivity index (χ0v) is 12.4. The average molecular weight is 283 g/mol. The smallest absolute Gasteiger partial charge is 0.168 e. The van der Waals surface area contributed by atoms with Crippen molar-refractivity contribution in [3.63, 3.8) is 0 Å². The minimum Gasteiger partial charge on any atom is -0.371 e. The van der Waals surface area contributed by atoms with Crippen LogP contribution in [0.3, 0.4) is 0 Å². The molecular weight excluding hydrogens is 262 g/mol. The Morgan fingerprint density at radius 1 is 1.26 bits per heavy atom. The molecule has 0 aromatic carbocycles. The van der Waals surface area contributed by atoms with Gasteiger partial charge in [-0.2, -0.15) is 0 Å². The number of ether oxygens (including phenoxy) is 3. The maximum atomic E-state index is 5.98. The third-order valence-electron chi connectivity index (χ3n) is 4.02. The quantitative estimate of drug-likeness (QED) is 0.855. The number of hydrogen-bond acceptors (Lipinski definition) is 5. The van der Waals surface area contributed by atoms with E-state index in [2.05, 4.69) is 18.8 Å². The van der Waals surface area contributed by atoms with E-state index in [4.69, 9.17) is 14.2 Å². The highest BCUT2D eigenvalue weighted by Crippen LogP contribution is 2.37. The minimum absolute atomic E-state index is 0.284. The summed E-state index contributed by atoms with van der Waals surface area (Å²) in [6.07, 6.45) is 4.26. The molecule has 0 amide bonds. The Balaban J connectivity index is 1.47. The molecule has 5 heteroatoms. The van der Waals surface area contributed by atoms with Crippen LogP contribution in [0.1, 0.15) is 41.3 Å². The Kier molecular flexibility index (Phi) is 3.89. The van der Waals surface area contributed by atoms with Crippen LogP contribution in [-0.2, 0) is 20.8 Å². The molecule has 1 aliphatic heterocycles. The fourth-order valence-electron chi connectivity index (χ4n) is 2.77. The number of aromatic nitrogens is 1. The van der Waals surface area contributed by atoms with Gasteiger partial charge in [-0.1, -0.05) is 0 Å². The van der Waals surface area contributed by atoms with Crippen LogP contribution in [0.2, 0.25) is 0 Å². The molecule has 0 radical (unpaired) electrons. The Morgan fingerprint density at radius 2 is 1.95 bits per heavy atom. The minimum atomic E-state index is -0.284. The van der Waals surface area contributed by atoms with Gasteiger partial charge in [0.2, 0.25) is 0 Å².